The van der Waals surface area contributed by atoms with Crippen LogP contribution in [0.25, 0.3) is 0 Å². The van der Waals surface area contributed by atoms with Gasteiger partial charge in [0.15, 0.2) is 0 Å². The second-order valence-corrected chi connectivity index (χ2v) is 5.86. The lowest BCUT2D eigenvalue weighted by Crippen LogP contribution is -2.55. The van der Waals surface area contributed by atoms with Crippen LogP contribution in [0.1, 0.15) is 32.1 Å². The predicted molar refractivity (Wildman–Crippen MR) is 70.5 cm³/mol. The SMILES string of the molecule is O=[N+]([O-])c1ncccc1OC1CC(Cl)C12CCCC2. The van der Waals surface area contributed by atoms with Gasteiger partial charge in [-0.2, -0.15) is 0 Å². The van der Waals surface area contributed by atoms with Crippen LogP contribution in [-0.4, -0.2) is 21.4 Å². The monoisotopic (exact) mass is 282 g/mol. The Morgan fingerprint density at radius 3 is 2.84 bits per heavy atom. The number of halogens is 1. The molecule has 1 spiro atoms. The molecule has 1 aromatic heterocycles. The maximum Gasteiger partial charge on any atom is 0.406 e. The number of hydrogen-bond donors (Lipinski definition) is 0. The van der Waals surface area contributed by atoms with Crippen LogP contribution >= 0.6 is 11.6 Å². The average Bonchev–Trinajstić information content (AvgIpc) is 2.91. The van der Waals surface area contributed by atoms with Gasteiger partial charge in [-0.15, -0.1) is 11.6 Å². The van der Waals surface area contributed by atoms with Gasteiger partial charge in [0.1, 0.15) is 12.3 Å². The van der Waals surface area contributed by atoms with Crippen LogP contribution in [0.15, 0.2) is 18.3 Å². The number of alkyl halides is 1. The van der Waals surface area contributed by atoms with Crippen molar-refractivity contribution in [2.45, 2.75) is 43.6 Å². The van der Waals surface area contributed by atoms with Crippen LogP contribution in [0, 0.1) is 15.5 Å². The minimum absolute atomic E-state index is 0.0135. The molecule has 0 aliphatic heterocycles. The number of aromatic nitrogens is 1. The normalized spacial score (nSPS) is 28.1. The number of pyridine rings is 1. The fraction of sp³-hybridized carbons (Fsp3) is 0.615. The third-order valence-corrected chi connectivity index (χ3v) is 5.03. The van der Waals surface area contributed by atoms with E-state index < -0.39 is 4.92 Å². The first-order chi connectivity index (χ1) is 9.13. The maximum atomic E-state index is 10.9. The molecule has 2 atom stereocenters. The van der Waals surface area contributed by atoms with E-state index in [-0.39, 0.29) is 28.5 Å². The summed E-state index contributed by atoms with van der Waals surface area (Å²) in [4.78, 5) is 14.2. The van der Waals surface area contributed by atoms with Gasteiger partial charge in [0.2, 0.25) is 5.75 Å². The van der Waals surface area contributed by atoms with Crippen molar-refractivity contribution in [3.8, 4) is 5.75 Å². The van der Waals surface area contributed by atoms with E-state index in [1.54, 1.807) is 12.1 Å². The van der Waals surface area contributed by atoms with Gasteiger partial charge in [0, 0.05) is 17.2 Å². The van der Waals surface area contributed by atoms with E-state index in [4.69, 9.17) is 16.3 Å². The summed E-state index contributed by atoms with van der Waals surface area (Å²) in [5.74, 6) is 0.0426. The Hall–Kier alpha value is -1.36. The topological polar surface area (TPSA) is 65.3 Å². The molecule has 0 saturated heterocycles. The summed E-state index contributed by atoms with van der Waals surface area (Å²) in [7, 11) is 0. The van der Waals surface area contributed by atoms with E-state index in [1.165, 1.54) is 6.20 Å². The number of nitro groups is 1. The van der Waals surface area contributed by atoms with Gasteiger partial charge in [-0.3, -0.25) is 0 Å². The highest BCUT2D eigenvalue weighted by Gasteiger charge is 2.57. The third-order valence-electron chi connectivity index (χ3n) is 4.41. The quantitative estimate of drug-likeness (QED) is 0.485. The molecule has 0 radical (unpaired) electrons. The predicted octanol–water partition coefficient (Wildman–Crippen LogP) is 3.31. The standard InChI is InChI=1S/C13H15ClN2O3/c14-10-8-11(13(10)5-1-2-6-13)19-9-4-3-7-15-12(9)16(17)18/h3-4,7,10-11H,1-2,5-6,8H2. The van der Waals surface area contributed by atoms with Crippen LogP contribution in [0.4, 0.5) is 5.82 Å². The molecule has 3 rings (SSSR count). The van der Waals surface area contributed by atoms with Gasteiger partial charge in [-0.05, 0) is 34.9 Å². The fourth-order valence-electron chi connectivity index (χ4n) is 3.30. The first kappa shape index (κ1) is 12.7. The van der Waals surface area contributed by atoms with Crippen LogP contribution in [-0.2, 0) is 0 Å². The zero-order valence-electron chi connectivity index (χ0n) is 10.4. The first-order valence-corrected chi connectivity index (χ1v) is 6.97. The molecule has 19 heavy (non-hydrogen) atoms. The van der Waals surface area contributed by atoms with E-state index in [2.05, 4.69) is 4.98 Å². The van der Waals surface area contributed by atoms with Crippen molar-refractivity contribution in [2.75, 3.05) is 0 Å². The molecular formula is C13H15ClN2O3. The van der Waals surface area contributed by atoms with Crippen molar-refractivity contribution >= 4 is 17.4 Å². The molecule has 0 bridgehead atoms. The molecule has 0 amide bonds. The Morgan fingerprint density at radius 1 is 1.47 bits per heavy atom. The zero-order chi connectivity index (χ0) is 13.5. The minimum atomic E-state index is -0.506. The van der Waals surface area contributed by atoms with Gasteiger partial charge in [0.25, 0.3) is 0 Å². The fourth-order valence-corrected chi connectivity index (χ4v) is 3.82. The lowest BCUT2D eigenvalue weighted by molar-refractivity contribution is -0.391. The van der Waals surface area contributed by atoms with E-state index in [1.807, 2.05) is 0 Å². The zero-order valence-corrected chi connectivity index (χ0v) is 11.2. The van der Waals surface area contributed by atoms with Crippen molar-refractivity contribution in [2.24, 2.45) is 5.41 Å². The Labute approximate surface area is 116 Å². The van der Waals surface area contributed by atoms with Crippen molar-refractivity contribution in [3.63, 3.8) is 0 Å². The van der Waals surface area contributed by atoms with Gasteiger partial charge < -0.3 is 14.9 Å². The second-order valence-electron chi connectivity index (χ2n) is 5.33. The molecule has 102 valence electrons. The molecule has 5 nitrogen and oxygen atoms in total. The highest BCUT2D eigenvalue weighted by Crippen LogP contribution is 2.57. The Morgan fingerprint density at radius 2 is 2.21 bits per heavy atom. The van der Waals surface area contributed by atoms with Crippen molar-refractivity contribution in [3.05, 3.63) is 28.4 Å². The molecule has 2 aliphatic rings. The summed E-state index contributed by atoms with van der Waals surface area (Å²) in [5, 5.41) is 11.1. The Kier molecular flexibility index (Phi) is 3.09. The maximum absolute atomic E-state index is 10.9. The molecule has 1 aromatic rings. The van der Waals surface area contributed by atoms with Gasteiger partial charge in [0.05, 0.1) is 0 Å². The molecule has 2 fully saturated rings. The average molecular weight is 283 g/mol. The smallest absolute Gasteiger partial charge is 0.406 e. The van der Waals surface area contributed by atoms with Crippen LogP contribution in [0.2, 0.25) is 0 Å². The highest BCUT2D eigenvalue weighted by molar-refractivity contribution is 6.21. The van der Waals surface area contributed by atoms with E-state index in [0.717, 1.165) is 32.1 Å². The van der Waals surface area contributed by atoms with E-state index >= 15 is 0 Å². The highest BCUT2D eigenvalue weighted by atomic mass is 35.5. The first-order valence-electron chi connectivity index (χ1n) is 6.53. The van der Waals surface area contributed by atoms with Crippen molar-refractivity contribution < 1.29 is 9.66 Å². The molecular weight excluding hydrogens is 268 g/mol. The molecule has 0 aromatic carbocycles. The second kappa shape index (κ2) is 4.63. The number of nitrogens with zero attached hydrogens (tertiary/aromatic N) is 2. The van der Waals surface area contributed by atoms with Gasteiger partial charge in [-0.25, -0.2) is 0 Å². The lowest BCUT2D eigenvalue weighted by atomic mass is 9.64. The largest absolute Gasteiger partial charge is 0.482 e. The van der Waals surface area contributed by atoms with Gasteiger partial charge >= 0.3 is 5.82 Å². The van der Waals surface area contributed by atoms with E-state index in [9.17, 15) is 10.1 Å². The number of ether oxygens (including phenoxy) is 1. The molecule has 2 unspecified atom stereocenters. The third kappa shape index (κ3) is 1.96. The molecule has 2 aliphatic carbocycles. The van der Waals surface area contributed by atoms with Crippen molar-refractivity contribution in [1.82, 2.24) is 4.98 Å². The van der Waals surface area contributed by atoms with Crippen LogP contribution in [0.3, 0.4) is 0 Å². The summed E-state index contributed by atoms with van der Waals surface area (Å²) in [6.45, 7) is 0. The van der Waals surface area contributed by atoms with Gasteiger partial charge in [-0.1, -0.05) is 12.8 Å². The summed E-state index contributed by atoms with van der Waals surface area (Å²) in [6.07, 6.45) is 6.59. The molecule has 1 heterocycles. The van der Waals surface area contributed by atoms with Crippen LogP contribution < -0.4 is 4.74 Å². The van der Waals surface area contributed by atoms with Crippen LogP contribution in [0.5, 0.6) is 5.75 Å². The Bertz CT molecular complexity index is 502. The minimum Gasteiger partial charge on any atom is -0.482 e. The summed E-state index contributed by atoms with van der Waals surface area (Å²) >= 11 is 6.35. The molecule has 6 heteroatoms. The van der Waals surface area contributed by atoms with E-state index in [0.29, 0.717) is 0 Å². The Balaban J connectivity index is 1.81. The molecule has 0 N–H and O–H groups in total. The molecule has 2 saturated carbocycles. The number of hydrogen-bond acceptors (Lipinski definition) is 4. The lowest BCUT2D eigenvalue weighted by Gasteiger charge is -2.50. The summed E-state index contributed by atoms with van der Waals surface area (Å²) < 4.78 is 5.86. The summed E-state index contributed by atoms with van der Waals surface area (Å²) in [6, 6.07) is 3.26. The summed E-state index contributed by atoms with van der Waals surface area (Å²) in [5.41, 5.74) is 0.0191. The van der Waals surface area contributed by atoms with Crippen molar-refractivity contribution in [1.29, 1.82) is 0 Å². The number of rotatable bonds is 3.